The standard InChI is InChI=1S/C11H15NO4S3/c1-7-6-12(3-4-17-7)19(15,16)10-5-9(11(13)14)18-8(10)2/h5,7H,3-4,6H2,1-2H3,(H,13,14). The number of thiophene rings is 1. The van der Waals surface area contributed by atoms with E-state index in [1.807, 2.05) is 6.92 Å². The Morgan fingerprint density at radius 1 is 1.53 bits per heavy atom. The first-order valence-electron chi connectivity index (χ1n) is 5.78. The maximum atomic E-state index is 12.5. The van der Waals surface area contributed by atoms with Gasteiger partial charge in [0.1, 0.15) is 4.88 Å². The fourth-order valence-corrected chi connectivity index (χ4v) is 6.12. The smallest absolute Gasteiger partial charge is 0.345 e. The predicted molar refractivity (Wildman–Crippen MR) is 76.7 cm³/mol. The highest BCUT2D eigenvalue weighted by Gasteiger charge is 2.31. The summed E-state index contributed by atoms with van der Waals surface area (Å²) in [7, 11) is -3.57. The lowest BCUT2D eigenvalue weighted by molar-refractivity contribution is 0.0702. The molecule has 1 atom stereocenters. The number of carboxylic acid groups (broad SMARTS) is 1. The highest BCUT2D eigenvalue weighted by Crippen LogP contribution is 2.30. The number of hydrogen-bond donors (Lipinski definition) is 1. The fraction of sp³-hybridized carbons (Fsp3) is 0.545. The van der Waals surface area contributed by atoms with E-state index < -0.39 is 16.0 Å². The molecular weight excluding hydrogens is 306 g/mol. The molecule has 0 radical (unpaired) electrons. The van der Waals surface area contributed by atoms with Crippen molar-refractivity contribution >= 4 is 39.1 Å². The molecule has 0 bridgehead atoms. The van der Waals surface area contributed by atoms with E-state index in [9.17, 15) is 13.2 Å². The Hall–Kier alpha value is -0.570. The molecule has 1 aromatic heterocycles. The summed E-state index contributed by atoms with van der Waals surface area (Å²) < 4.78 is 26.5. The number of sulfonamides is 1. The van der Waals surface area contributed by atoms with E-state index >= 15 is 0 Å². The van der Waals surface area contributed by atoms with Gasteiger partial charge in [0.15, 0.2) is 0 Å². The molecule has 1 N–H and O–H groups in total. The zero-order valence-corrected chi connectivity index (χ0v) is 13.1. The van der Waals surface area contributed by atoms with Crippen molar-refractivity contribution in [2.24, 2.45) is 0 Å². The summed E-state index contributed by atoms with van der Waals surface area (Å²) in [5.74, 6) is -0.313. The van der Waals surface area contributed by atoms with E-state index in [0.717, 1.165) is 17.1 Å². The first-order chi connectivity index (χ1) is 8.82. The van der Waals surface area contributed by atoms with Crippen molar-refractivity contribution in [1.82, 2.24) is 4.31 Å². The van der Waals surface area contributed by atoms with Crippen LogP contribution in [0.1, 0.15) is 21.5 Å². The van der Waals surface area contributed by atoms with Gasteiger partial charge in [-0.2, -0.15) is 16.1 Å². The van der Waals surface area contributed by atoms with E-state index in [-0.39, 0.29) is 15.0 Å². The van der Waals surface area contributed by atoms with Gasteiger partial charge >= 0.3 is 5.97 Å². The molecule has 1 saturated heterocycles. The number of nitrogens with zero attached hydrogens (tertiary/aromatic N) is 1. The van der Waals surface area contributed by atoms with Crippen molar-refractivity contribution in [3.63, 3.8) is 0 Å². The van der Waals surface area contributed by atoms with E-state index in [4.69, 9.17) is 5.11 Å². The molecule has 0 saturated carbocycles. The van der Waals surface area contributed by atoms with Crippen LogP contribution in [0.25, 0.3) is 0 Å². The molecule has 1 aromatic rings. The van der Waals surface area contributed by atoms with E-state index in [2.05, 4.69) is 0 Å². The molecule has 1 fully saturated rings. The van der Waals surface area contributed by atoms with Crippen molar-refractivity contribution in [3.8, 4) is 0 Å². The highest BCUT2D eigenvalue weighted by molar-refractivity contribution is 8.00. The molecule has 106 valence electrons. The number of rotatable bonds is 3. The third-order valence-corrected chi connectivity index (χ3v) is 7.20. The van der Waals surface area contributed by atoms with Crippen molar-refractivity contribution in [1.29, 1.82) is 0 Å². The molecule has 1 unspecified atom stereocenters. The summed E-state index contributed by atoms with van der Waals surface area (Å²) in [5, 5.41) is 9.20. The first-order valence-corrected chi connectivity index (χ1v) is 9.08. The molecule has 2 rings (SSSR count). The summed E-state index contributed by atoms with van der Waals surface area (Å²) in [6, 6.07) is 1.27. The third-order valence-electron chi connectivity index (χ3n) is 2.90. The largest absolute Gasteiger partial charge is 0.477 e. The van der Waals surface area contributed by atoms with Crippen LogP contribution in [0.5, 0.6) is 0 Å². The average molecular weight is 321 g/mol. The van der Waals surface area contributed by atoms with Gasteiger partial charge in [-0.25, -0.2) is 13.2 Å². The monoisotopic (exact) mass is 321 g/mol. The maximum absolute atomic E-state index is 12.5. The summed E-state index contributed by atoms with van der Waals surface area (Å²) in [6.07, 6.45) is 0. The molecule has 0 aliphatic carbocycles. The van der Waals surface area contributed by atoms with Crippen LogP contribution in [0.4, 0.5) is 0 Å². The van der Waals surface area contributed by atoms with Crippen LogP contribution in [0.15, 0.2) is 11.0 Å². The molecule has 0 aromatic carbocycles. The van der Waals surface area contributed by atoms with E-state index in [1.54, 1.807) is 18.7 Å². The Bertz CT molecular complexity index is 593. The minimum Gasteiger partial charge on any atom is -0.477 e. The number of carboxylic acids is 1. The van der Waals surface area contributed by atoms with Crippen LogP contribution in [0.3, 0.4) is 0 Å². The second-order valence-corrected chi connectivity index (χ2v) is 9.09. The summed E-state index contributed by atoms with van der Waals surface area (Å²) >= 11 is 2.75. The van der Waals surface area contributed by atoms with Crippen LogP contribution in [-0.4, -0.2) is 47.9 Å². The van der Waals surface area contributed by atoms with Crippen LogP contribution < -0.4 is 0 Å². The summed E-state index contributed by atoms with van der Waals surface area (Å²) in [5.41, 5.74) is 0. The van der Waals surface area contributed by atoms with Gasteiger partial charge in [-0.15, -0.1) is 11.3 Å². The van der Waals surface area contributed by atoms with Crippen LogP contribution in [0, 0.1) is 6.92 Å². The van der Waals surface area contributed by atoms with Crippen molar-refractivity contribution in [3.05, 3.63) is 15.8 Å². The summed E-state index contributed by atoms with van der Waals surface area (Å²) in [4.78, 5) is 11.6. The SMILES string of the molecule is Cc1sc(C(=O)O)cc1S(=O)(=O)N1CCSC(C)C1. The molecule has 0 spiro atoms. The normalized spacial score (nSPS) is 21.5. The van der Waals surface area contributed by atoms with Gasteiger partial charge in [0.25, 0.3) is 0 Å². The third kappa shape index (κ3) is 2.96. The molecule has 1 aliphatic heterocycles. The van der Waals surface area contributed by atoms with Crippen LogP contribution >= 0.6 is 23.1 Å². The van der Waals surface area contributed by atoms with Crippen molar-refractivity contribution in [2.45, 2.75) is 24.0 Å². The Balaban J connectivity index is 2.36. The second-order valence-electron chi connectivity index (χ2n) is 4.38. The molecule has 19 heavy (non-hydrogen) atoms. The topological polar surface area (TPSA) is 74.7 Å². The fourth-order valence-electron chi connectivity index (χ4n) is 1.97. The van der Waals surface area contributed by atoms with E-state index in [0.29, 0.717) is 18.0 Å². The lowest BCUT2D eigenvalue weighted by atomic mass is 10.4. The van der Waals surface area contributed by atoms with Crippen LogP contribution in [-0.2, 0) is 10.0 Å². The van der Waals surface area contributed by atoms with Crippen LogP contribution in [0.2, 0.25) is 0 Å². The summed E-state index contributed by atoms with van der Waals surface area (Å²) in [6.45, 7) is 4.60. The highest BCUT2D eigenvalue weighted by atomic mass is 32.2. The van der Waals surface area contributed by atoms with Gasteiger partial charge in [0, 0.05) is 29.0 Å². The Labute approximate surface area is 120 Å². The second kappa shape index (κ2) is 5.43. The lowest BCUT2D eigenvalue weighted by Crippen LogP contribution is -2.41. The van der Waals surface area contributed by atoms with Gasteiger partial charge in [-0.05, 0) is 13.0 Å². The number of hydrogen-bond acceptors (Lipinski definition) is 5. The Morgan fingerprint density at radius 2 is 2.21 bits per heavy atom. The zero-order valence-electron chi connectivity index (χ0n) is 10.6. The van der Waals surface area contributed by atoms with E-state index in [1.165, 1.54) is 10.4 Å². The minimum absolute atomic E-state index is 0.0653. The molecule has 8 heteroatoms. The number of aromatic carboxylic acids is 1. The van der Waals surface area contributed by atoms with Gasteiger partial charge < -0.3 is 5.11 Å². The number of carbonyl (C=O) groups is 1. The Kier molecular flexibility index (Phi) is 4.24. The maximum Gasteiger partial charge on any atom is 0.345 e. The van der Waals surface area contributed by atoms with Crippen molar-refractivity contribution < 1.29 is 18.3 Å². The molecular formula is C11H15NO4S3. The van der Waals surface area contributed by atoms with Gasteiger partial charge in [-0.1, -0.05) is 6.92 Å². The van der Waals surface area contributed by atoms with Gasteiger partial charge in [0.2, 0.25) is 10.0 Å². The molecule has 0 amide bonds. The first kappa shape index (κ1) is 14.8. The Morgan fingerprint density at radius 3 is 2.74 bits per heavy atom. The minimum atomic E-state index is -3.57. The van der Waals surface area contributed by atoms with Gasteiger partial charge in [0.05, 0.1) is 4.90 Å². The lowest BCUT2D eigenvalue weighted by Gasteiger charge is -2.29. The van der Waals surface area contributed by atoms with Gasteiger partial charge in [-0.3, -0.25) is 0 Å². The average Bonchev–Trinajstić information content (AvgIpc) is 2.72. The molecule has 5 nitrogen and oxygen atoms in total. The molecule has 2 heterocycles. The number of aryl methyl sites for hydroxylation is 1. The van der Waals surface area contributed by atoms with Crippen molar-refractivity contribution in [2.75, 3.05) is 18.8 Å². The predicted octanol–water partition coefficient (Wildman–Crippen LogP) is 1.88. The zero-order chi connectivity index (χ0) is 14.2. The quantitative estimate of drug-likeness (QED) is 0.920. The number of thioether (sulfide) groups is 1. The molecule has 1 aliphatic rings.